The first-order valence-corrected chi connectivity index (χ1v) is 7.54. The Labute approximate surface area is 117 Å². The average molecular weight is 315 g/mol. The van der Waals surface area contributed by atoms with Crippen LogP contribution in [0.3, 0.4) is 0 Å². The van der Waals surface area contributed by atoms with Crippen molar-refractivity contribution < 1.29 is 9.50 Å². The maximum Gasteiger partial charge on any atom is 0.130 e. The van der Waals surface area contributed by atoms with Crippen molar-refractivity contribution in [3.05, 3.63) is 34.1 Å². The van der Waals surface area contributed by atoms with Crippen molar-refractivity contribution in [2.24, 2.45) is 11.8 Å². The Balaban J connectivity index is 2.17. The van der Waals surface area contributed by atoms with Crippen LogP contribution in [-0.4, -0.2) is 5.11 Å². The second-order valence-corrected chi connectivity index (χ2v) is 6.14. The topological polar surface area (TPSA) is 20.2 Å². The van der Waals surface area contributed by atoms with E-state index >= 15 is 0 Å². The highest BCUT2D eigenvalue weighted by Gasteiger charge is 2.30. The van der Waals surface area contributed by atoms with Gasteiger partial charge in [-0.1, -0.05) is 48.2 Å². The van der Waals surface area contributed by atoms with Crippen molar-refractivity contribution in [2.75, 3.05) is 0 Å². The minimum Gasteiger partial charge on any atom is -0.388 e. The van der Waals surface area contributed by atoms with Gasteiger partial charge in [0, 0.05) is 10.0 Å². The zero-order chi connectivity index (χ0) is 13.1. The highest BCUT2D eigenvalue weighted by Crippen LogP contribution is 2.40. The van der Waals surface area contributed by atoms with E-state index in [4.69, 9.17) is 0 Å². The van der Waals surface area contributed by atoms with Crippen molar-refractivity contribution in [3.8, 4) is 0 Å². The number of hydrogen-bond donors (Lipinski definition) is 1. The van der Waals surface area contributed by atoms with Crippen LogP contribution in [0.4, 0.5) is 4.39 Å². The lowest BCUT2D eigenvalue weighted by molar-refractivity contribution is 0.0644. The predicted octanol–water partition coefficient (Wildman–Crippen LogP) is 4.84. The fourth-order valence-corrected chi connectivity index (χ4v) is 3.60. The molecule has 1 aromatic carbocycles. The molecular weight excluding hydrogens is 295 g/mol. The van der Waals surface area contributed by atoms with Crippen molar-refractivity contribution >= 4 is 15.9 Å². The highest BCUT2D eigenvalue weighted by molar-refractivity contribution is 9.10. The zero-order valence-corrected chi connectivity index (χ0v) is 12.3. The lowest BCUT2D eigenvalue weighted by Gasteiger charge is -2.32. The van der Waals surface area contributed by atoms with Crippen LogP contribution in [0.5, 0.6) is 0 Å². The van der Waals surface area contributed by atoms with E-state index in [-0.39, 0.29) is 11.7 Å². The van der Waals surface area contributed by atoms with Crippen molar-refractivity contribution in [1.82, 2.24) is 0 Å². The molecule has 1 saturated carbocycles. The quantitative estimate of drug-likeness (QED) is 0.846. The molecule has 1 nitrogen and oxygen atoms in total. The van der Waals surface area contributed by atoms with Gasteiger partial charge < -0.3 is 5.11 Å². The van der Waals surface area contributed by atoms with Crippen LogP contribution in [0.1, 0.15) is 50.7 Å². The molecule has 18 heavy (non-hydrogen) atoms. The highest BCUT2D eigenvalue weighted by atomic mass is 79.9. The van der Waals surface area contributed by atoms with Gasteiger partial charge in [0.05, 0.1) is 6.10 Å². The van der Waals surface area contributed by atoms with Gasteiger partial charge in [-0.3, -0.25) is 0 Å². The molecule has 0 aliphatic heterocycles. The molecule has 2 rings (SSSR count). The second kappa shape index (κ2) is 6.16. The molecule has 0 radical (unpaired) electrons. The van der Waals surface area contributed by atoms with Crippen molar-refractivity contribution in [1.29, 1.82) is 0 Å². The Hall–Kier alpha value is -0.410. The summed E-state index contributed by atoms with van der Waals surface area (Å²) in [6.07, 6.45) is 4.87. The summed E-state index contributed by atoms with van der Waals surface area (Å²) in [4.78, 5) is 0. The minimum atomic E-state index is -0.685. The number of aliphatic hydroxyl groups is 1. The smallest absolute Gasteiger partial charge is 0.130 e. The summed E-state index contributed by atoms with van der Waals surface area (Å²) in [7, 11) is 0. The van der Waals surface area contributed by atoms with Gasteiger partial charge in [0.25, 0.3) is 0 Å². The lowest BCUT2D eigenvalue weighted by Crippen LogP contribution is -2.22. The third-order valence-corrected chi connectivity index (χ3v) is 4.83. The van der Waals surface area contributed by atoms with Crippen LogP contribution in [-0.2, 0) is 0 Å². The van der Waals surface area contributed by atoms with E-state index in [1.165, 1.54) is 12.5 Å². The second-order valence-electron chi connectivity index (χ2n) is 5.28. The summed E-state index contributed by atoms with van der Waals surface area (Å²) >= 11 is 3.35. The van der Waals surface area contributed by atoms with E-state index in [9.17, 15) is 9.50 Å². The standard InChI is InChI=1S/C15H20BrFO/c1-2-10-5-3-6-11(9-10)15(18)14-12(16)7-4-8-13(14)17/h4,7-8,10-11,15,18H,2-3,5-6,9H2,1H3. The van der Waals surface area contributed by atoms with E-state index in [0.717, 1.165) is 25.7 Å². The van der Waals surface area contributed by atoms with Crippen LogP contribution in [0, 0.1) is 17.7 Å². The van der Waals surface area contributed by atoms with Gasteiger partial charge >= 0.3 is 0 Å². The molecule has 0 amide bonds. The molecule has 3 heteroatoms. The lowest BCUT2D eigenvalue weighted by atomic mass is 9.76. The molecule has 0 aromatic heterocycles. The summed E-state index contributed by atoms with van der Waals surface area (Å²) < 4.78 is 14.5. The molecule has 0 bridgehead atoms. The molecule has 0 saturated heterocycles. The molecular formula is C15H20BrFO. The third-order valence-electron chi connectivity index (χ3n) is 4.14. The maximum absolute atomic E-state index is 13.8. The first-order valence-electron chi connectivity index (χ1n) is 6.75. The molecule has 1 N–H and O–H groups in total. The largest absolute Gasteiger partial charge is 0.388 e. The predicted molar refractivity (Wildman–Crippen MR) is 74.8 cm³/mol. The number of benzene rings is 1. The fourth-order valence-electron chi connectivity index (χ4n) is 3.02. The van der Waals surface area contributed by atoms with Crippen LogP contribution < -0.4 is 0 Å². The first-order chi connectivity index (χ1) is 8.63. The van der Waals surface area contributed by atoms with E-state index in [2.05, 4.69) is 22.9 Å². The molecule has 3 unspecified atom stereocenters. The van der Waals surface area contributed by atoms with Gasteiger partial charge in [-0.15, -0.1) is 0 Å². The van der Waals surface area contributed by atoms with Gasteiger partial charge in [0.2, 0.25) is 0 Å². The number of hydrogen-bond acceptors (Lipinski definition) is 1. The monoisotopic (exact) mass is 314 g/mol. The van der Waals surface area contributed by atoms with E-state index in [1.807, 2.05) is 0 Å². The molecule has 0 spiro atoms. The molecule has 1 aliphatic rings. The van der Waals surface area contributed by atoms with E-state index in [0.29, 0.717) is 16.0 Å². The van der Waals surface area contributed by atoms with Crippen molar-refractivity contribution in [3.63, 3.8) is 0 Å². The van der Waals surface area contributed by atoms with Crippen LogP contribution in [0.25, 0.3) is 0 Å². The minimum absolute atomic E-state index is 0.192. The number of aliphatic hydroxyl groups excluding tert-OH is 1. The average Bonchev–Trinajstić information content (AvgIpc) is 2.38. The van der Waals surface area contributed by atoms with Gasteiger partial charge in [-0.25, -0.2) is 4.39 Å². The molecule has 1 fully saturated rings. The van der Waals surface area contributed by atoms with Crippen LogP contribution in [0.15, 0.2) is 22.7 Å². The molecule has 1 aliphatic carbocycles. The molecule has 1 aromatic rings. The molecule has 3 atom stereocenters. The van der Waals surface area contributed by atoms with Crippen molar-refractivity contribution in [2.45, 2.75) is 45.1 Å². The van der Waals surface area contributed by atoms with Crippen LogP contribution in [0.2, 0.25) is 0 Å². The Morgan fingerprint density at radius 3 is 2.89 bits per heavy atom. The van der Waals surface area contributed by atoms with Gasteiger partial charge in [-0.05, 0) is 36.8 Å². The normalized spacial score (nSPS) is 26.0. The zero-order valence-electron chi connectivity index (χ0n) is 10.7. The summed E-state index contributed by atoms with van der Waals surface area (Å²) in [5.41, 5.74) is 0.430. The molecule has 0 heterocycles. The maximum atomic E-state index is 13.8. The Morgan fingerprint density at radius 1 is 1.44 bits per heavy atom. The number of halogens is 2. The summed E-state index contributed by atoms with van der Waals surface area (Å²) in [5, 5.41) is 10.5. The summed E-state index contributed by atoms with van der Waals surface area (Å²) in [6.45, 7) is 2.19. The Kier molecular flexibility index (Phi) is 4.79. The summed E-state index contributed by atoms with van der Waals surface area (Å²) in [5.74, 6) is 0.566. The van der Waals surface area contributed by atoms with E-state index in [1.54, 1.807) is 12.1 Å². The first kappa shape index (κ1) is 14.0. The van der Waals surface area contributed by atoms with E-state index < -0.39 is 6.10 Å². The number of rotatable bonds is 3. The SMILES string of the molecule is CCC1CCCC(C(O)c2c(F)cccc2Br)C1. The van der Waals surface area contributed by atoms with Crippen LogP contribution >= 0.6 is 15.9 Å². The Bertz CT molecular complexity index is 387. The van der Waals surface area contributed by atoms with Gasteiger partial charge in [-0.2, -0.15) is 0 Å². The van der Waals surface area contributed by atoms with Gasteiger partial charge in [0.1, 0.15) is 5.82 Å². The third kappa shape index (κ3) is 2.94. The molecule has 100 valence electrons. The Morgan fingerprint density at radius 2 is 2.22 bits per heavy atom. The van der Waals surface area contributed by atoms with Gasteiger partial charge in [0.15, 0.2) is 0 Å². The summed E-state index contributed by atoms with van der Waals surface area (Å²) in [6, 6.07) is 4.87. The fraction of sp³-hybridized carbons (Fsp3) is 0.600.